The minimum absolute atomic E-state index is 0.0443. The average Bonchev–Trinajstić information content (AvgIpc) is 2.80. The highest BCUT2D eigenvalue weighted by Gasteiger charge is 2.24. The van der Waals surface area contributed by atoms with Crippen molar-refractivity contribution in [3.63, 3.8) is 0 Å². The molecule has 2 aromatic heterocycles. The van der Waals surface area contributed by atoms with Gasteiger partial charge < -0.3 is 5.73 Å². The van der Waals surface area contributed by atoms with Gasteiger partial charge in [0.05, 0.1) is 17.2 Å². The Kier molecular flexibility index (Phi) is 4.16. The van der Waals surface area contributed by atoms with Gasteiger partial charge in [-0.05, 0) is 13.0 Å². The van der Waals surface area contributed by atoms with Gasteiger partial charge in [-0.1, -0.05) is 11.3 Å². The van der Waals surface area contributed by atoms with Crippen LogP contribution in [0.2, 0.25) is 0 Å². The van der Waals surface area contributed by atoms with E-state index in [-0.39, 0.29) is 15.8 Å². The summed E-state index contributed by atoms with van der Waals surface area (Å²) in [5.74, 6) is 0.516. The smallest absolute Gasteiger partial charge is 0.304 e. The summed E-state index contributed by atoms with van der Waals surface area (Å²) in [6.45, 7) is 1.64. The van der Waals surface area contributed by atoms with E-state index in [0.29, 0.717) is 22.9 Å². The maximum atomic E-state index is 12.1. The molecule has 2 rings (SSSR count). The molecule has 0 unspecified atom stereocenters. The molecule has 21 heavy (non-hydrogen) atoms. The summed E-state index contributed by atoms with van der Waals surface area (Å²) in [6, 6.07) is 2.51. The van der Waals surface area contributed by atoms with Crippen molar-refractivity contribution in [1.29, 1.82) is 0 Å². The Bertz CT molecular complexity index is 786. The third-order valence-electron chi connectivity index (χ3n) is 2.46. The van der Waals surface area contributed by atoms with Gasteiger partial charge in [-0.25, -0.2) is 23.1 Å². The van der Waals surface area contributed by atoms with Crippen LogP contribution in [0, 0.1) is 17.0 Å². The highest BCUT2D eigenvalue weighted by Crippen LogP contribution is 2.34. The minimum Gasteiger partial charge on any atom is -0.385 e. The van der Waals surface area contributed by atoms with Gasteiger partial charge >= 0.3 is 5.69 Å². The molecule has 0 bridgehead atoms. The molecule has 3 N–H and O–H groups in total. The molecule has 0 saturated heterocycles. The molecular weight excluding hydrogens is 318 g/mol. The van der Waals surface area contributed by atoms with Gasteiger partial charge in [0.1, 0.15) is 10.0 Å². The van der Waals surface area contributed by atoms with Gasteiger partial charge in [0, 0.05) is 12.3 Å². The van der Waals surface area contributed by atoms with E-state index in [2.05, 4.69) is 14.7 Å². The van der Waals surface area contributed by atoms with Crippen LogP contribution in [0.1, 0.15) is 11.5 Å². The first kappa shape index (κ1) is 15.3. The van der Waals surface area contributed by atoms with Crippen molar-refractivity contribution in [2.75, 3.05) is 5.73 Å². The second-order valence-electron chi connectivity index (χ2n) is 3.99. The highest BCUT2D eigenvalue weighted by molar-refractivity contribution is 7.91. The zero-order valence-corrected chi connectivity index (χ0v) is 12.4. The molecule has 0 aromatic carbocycles. The normalized spacial score (nSPS) is 11.5. The second kappa shape index (κ2) is 5.71. The molecule has 0 aliphatic carbocycles. The van der Waals surface area contributed by atoms with Crippen LogP contribution in [0.3, 0.4) is 0 Å². The molecule has 2 aromatic rings. The van der Waals surface area contributed by atoms with Gasteiger partial charge in [-0.2, -0.15) is 0 Å². The van der Waals surface area contributed by atoms with Crippen molar-refractivity contribution in [2.45, 2.75) is 17.7 Å². The van der Waals surface area contributed by atoms with Crippen LogP contribution >= 0.6 is 11.3 Å². The van der Waals surface area contributed by atoms with Crippen molar-refractivity contribution >= 4 is 32.0 Å². The standard InChI is InChI=1S/C10H11N5O4S2/c1-6-12-3-2-7(14-6)5-13-21(18,19)9-4-8(15(16)17)10(11)20-9/h2-4,13H,5,11H2,1H3. The summed E-state index contributed by atoms with van der Waals surface area (Å²) in [5.41, 5.74) is 5.50. The lowest BCUT2D eigenvalue weighted by molar-refractivity contribution is -0.383. The Balaban J connectivity index is 2.19. The van der Waals surface area contributed by atoms with Crippen molar-refractivity contribution < 1.29 is 13.3 Å². The van der Waals surface area contributed by atoms with Crippen molar-refractivity contribution in [1.82, 2.24) is 14.7 Å². The Morgan fingerprint density at radius 1 is 1.52 bits per heavy atom. The largest absolute Gasteiger partial charge is 0.385 e. The Labute approximate surface area is 124 Å². The molecule has 112 valence electrons. The third-order valence-corrected chi connectivity index (χ3v) is 5.28. The summed E-state index contributed by atoms with van der Waals surface area (Å²) >= 11 is 0.641. The van der Waals surface area contributed by atoms with Crippen LogP contribution in [0.15, 0.2) is 22.5 Å². The molecule has 0 atom stereocenters. The maximum Gasteiger partial charge on any atom is 0.304 e. The van der Waals surface area contributed by atoms with Crippen LogP contribution in [0.5, 0.6) is 0 Å². The van der Waals surface area contributed by atoms with E-state index in [0.717, 1.165) is 6.07 Å². The molecule has 0 spiro atoms. The number of aromatic nitrogens is 2. The molecular formula is C10H11N5O4S2. The number of nitro groups is 1. The second-order valence-corrected chi connectivity index (χ2v) is 7.07. The van der Waals surface area contributed by atoms with Crippen molar-refractivity contribution in [2.24, 2.45) is 0 Å². The first-order chi connectivity index (χ1) is 9.79. The van der Waals surface area contributed by atoms with E-state index < -0.39 is 20.6 Å². The number of nitrogens with one attached hydrogen (secondary N) is 1. The number of thiophene rings is 1. The van der Waals surface area contributed by atoms with E-state index >= 15 is 0 Å². The molecule has 11 heteroatoms. The van der Waals surface area contributed by atoms with Gasteiger partial charge in [0.25, 0.3) is 10.0 Å². The summed E-state index contributed by atoms with van der Waals surface area (Å²) in [7, 11) is -3.88. The summed E-state index contributed by atoms with van der Waals surface area (Å²) in [5, 5.41) is 10.5. The lowest BCUT2D eigenvalue weighted by atomic mass is 10.4. The number of sulfonamides is 1. The zero-order chi connectivity index (χ0) is 15.6. The quantitative estimate of drug-likeness (QED) is 0.610. The van der Waals surface area contributed by atoms with Gasteiger partial charge in [0.15, 0.2) is 5.00 Å². The van der Waals surface area contributed by atoms with E-state index in [1.165, 1.54) is 6.20 Å². The Hall–Kier alpha value is -2.11. The van der Waals surface area contributed by atoms with Gasteiger partial charge in [-0.15, -0.1) is 0 Å². The number of nitrogen functional groups attached to an aromatic ring is 1. The number of hydrogen-bond acceptors (Lipinski definition) is 8. The molecule has 0 saturated carbocycles. The first-order valence-electron chi connectivity index (χ1n) is 5.61. The number of hydrogen-bond donors (Lipinski definition) is 2. The topological polar surface area (TPSA) is 141 Å². The van der Waals surface area contributed by atoms with Crippen LogP contribution in [0.25, 0.3) is 0 Å². The summed E-state index contributed by atoms with van der Waals surface area (Å²) in [6.07, 6.45) is 1.51. The number of anilines is 1. The van der Waals surface area contributed by atoms with Gasteiger partial charge in [-0.3, -0.25) is 10.1 Å². The number of rotatable bonds is 5. The molecule has 0 fully saturated rings. The number of nitrogens with two attached hydrogens (primary N) is 1. The van der Waals surface area contributed by atoms with Crippen molar-refractivity contribution in [3.8, 4) is 0 Å². The Morgan fingerprint density at radius 2 is 2.24 bits per heavy atom. The predicted octanol–water partition coefficient (Wildman–Crippen LogP) is 0.815. The molecule has 2 heterocycles. The van der Waals surface area contributed by atoms with Crippen LogP contribution in [-0.2, 0) is 16.6 Å². The van der Waals surface area contributed by atoms with Crippen LogP contribution < -0.4 is 10.5 Å². The lowest BCUT2D eigenvalue weighted by Crippen LogP contribution is -2.23. The molecule has 0 aliphatic rings. The highest BCUT2D eigenvalue weighted by atomic mass is 32.2. The monoisotopic (exact) mass is 329 g/mol. The average molecular weight is 329 g/mol. The van der Waals surface area contributed by atoms with Crippen molar-refractivity contribution in [3.05, 3.63) is 40.0 Å². The molecule has 0 amide bonds. The summed E-state index contributed by atoms with van der Waals surface area (Å²) in [4.78, 5) is 17.9. The molecule has 0 aliphatic heterocycles. The number of aryl methyl sites for hydroxylation is 1. The van der Waals surface area contributed by atoms with E-state index in [1.54, 1.807) is 13.0 Å². The fraction of sp³-hybridized carbons (Fsp3) is 0.200. The third kappa shape index (κ3) is 3.51. The summed E-state index contributed by atoms with van der Waals surface area (Å²) < 4.78 is 26.2. The number of nitrogens with zero attached hydrogens (tertiary/aromatic N) is 3. The fourth-order valence-electron chi connectivity index (χ4n) is 1.49. The lowest BCUT2D eigenvalue weighted by Gasteiger charge is -2.04. The fourth-order valence-corrected chi connectivity index (χ4v) is 3.75. The van der Waals surface area contributed by atoms with Gasteiger partial charge in [0.2, 0.25) is 0 Å². The maximum absolute atomic E-state index is 12.1. The van der Waals surface area contributed by atoms with Crippen LogP contribution in [-0.4, -0.2) is 23.3 Å². The van der Waals surface area contributed by atoms with Crippen LogP contribution in [0.4, 0.5) is 10.7 Å². The SMILES string of the molecule is Cc1nccc(CNS(=O)(=O)c2cc([N+](=O)[O-])c(N)s2)n1. The predicted molar refractivity (Wildman–Crippen MR) is 76.2 cm³/mol. The first-order valence-corrected chi connectivity index (χ1v) is 7.91. The van der Waals surface area contributed by atoms with E-state index in [1.807, 2.05) is 0 Å². The zero-order valence-electron chi connectivity index (χ0n) is 10.8. The molecule has 9 nitrogen and oxygen atoms in total. The Morgan fingerprint density at radius 3 is 2.81 bits per heavy atom. The molecule has 0 radical (unpaired) electrons. The minimum atomic E-state index is -3.88. The van der Waals surface area contributed by atoms with E-state index in [4.69, 9.17) is 5.73 Å². The van der Waals surface area contributed by atoms with E-state index in [9.17, 15) is 18.5 Å².